The van der Waals surface area contributed by atoms with Crippen LogP contribution in [0.1, 0.15) is 0 Å². The quantitative estimate of drug-likeness (QED) is 0.102. The van der Waals surface area contributed by atoms with Gasteiger partial charge in [-0.2, -0.15) is 0 Å². The van der Waals surface area contributed by atoms with Gasteiger partial charge in [-0.05, 0) is 0 Å². The van der Waals surface area contributed by atoms with Gasteiger partial charge in [0, 0.05) is 0 Å². The van der Waals surface area contributed by atoms with Gasteiger partial charge >= 0.3 is 0 Å². The van der Waals surface area contributed by atoms with Crippen LogP contribution in [-0.4, -0.2) is 368 Å². The number of ether oxygens (including phenoxy) is 14. The summed E-state index contributed by atoms with van der Waals surface area (Å²) in [4.78, 5) is 0. The SMILES string of the molecule is OC[C@H]1O[C@H](OC[C@H]2O[C@@H]3O[C@H]4[C@H](O)[C@@H](O)[C@@H](O[C@H]5[C@H](O)[C@@H](O)[C@@H](O[C@H]6[C@H](O)[C@@H](O)[C@@H](O[C@H]7[C@H](O)[C@@H](O)[C@@H](O[C@H]8[C@H](O)[C@@H](O)[C@@H](O[C@H]2[C@H](O)[C@H]3O)O[C@@H]8CO)O[C@@H]7CO)O[C@@H]6CO)O[C@@H]5CO)O[C@@H]4CO)[C@@H](O)[C@@H](O)[C@@H]1O. The topological polar surface area (TPSA) is 554 Å². The number of aliphatic hydroxyl groups is 21. The maximum Gasteiger partial charge on any atom is 0.187 e. The van der Waals surface area contributed by atoms with Gasteiger partial charge in [0.15, 0.2) is 44.0 Å². The van der Waals surface area contributed by atoms with Gasteiger partial charge in [-0.3, -0.25) is 0 Å². The van der Waals surface area contributed by atoms with Crippen LogP contribution in [0.15, 0.2) is 0 Å². The monoisotopic (exact) mass is 1130 g/mol. The fourth-order valence-corrected chi connectivity index (χ4v) is 10.3. The third-order valence-electron chi connectivity index (χ3n) is 14.8. The van der Waals surface area contributed by atoms with E-state index in [0.717, 1.165) is 0 Å². The molecule has 23 rings (SSSR count). The van der Waals surface area contributed by atoms with Crippen LogP contribution < -0.4 is 0 Å². The summed E-state index contributed by atoms with van der Waals surface area (Å²) in [6.07, 6.45) is -70.4. The molecule has 0 saturated carbocycles. The highest BCUT2D eigenvalue weighted by Gasteiger charge is 2.59. The third-order valence-corrected chi connectivity index (χ3v) is 14.8. The van der Waals surface area contributed by atoms with E-state index in [4.69, 9.17) is 66.3 Å². The molecule has 0 unspecified atom stereocenters. The molecule has 21 N–H and O–H groups in total. The van der Waals surface area contributed by atoms with Crippen LogP contribution in [-0.2, 0) is 66.3 Å². The lowest BCUT2D eigenvalue weighted by molar-refractivity contribution is -0.405. The molecule has 0 amide bonds. The molecule has 23 aliphatic heterocycles. The highest BCUT2D eigenvalue weighted by atomic mass is 16.8. The molecule has 77 heavy (non-hydrogen) atoms. The highest BCUT2D eigenvalue weighted by Crippen LogP contribution is 2.38. The van der Waals surface area contributed by atoms with Gasteiger partial charge in [0.05, 0.1) is 46.2 Å². The Bertz CT molecular complexity index is 1820. The lowest BCUT2D eigenvalue weighted by atomic mass is 9.94. The van der Waals surface area contributed by atoms with Crippen molar-refractivity contribution >= 4 is 0 Å². The number of hydrogen-bond acceptors (Lipinski definition) is 35. The van der Waals surface area contributed by atoms with Gasteiger partial charge in [0.1, 0.15) is 171 Å². The summed E-state index contributed by atoms with van der Waals surface area (Å²) in [6, 6.07) is 0. The summed E-state index contributed by atoms with van der Waals surface area (Å²) in [5, 5.41) is 230. The molecule has 0 radical (unpaired) electrons. The van der Waals surface area contributed by atoms with Crippen LogP contribution in [0.4, 0.5) is 0 Å². The van der Waals surface area contributed by atoms with Crippen molar-refractivity contribution in [3.8, 4) is 0 Å². The largest absolute Gasteiger partial charge is 0.394 e. The van der Waals surface area contributed by atoms with Gasteiger partial charge in [-0.1, -0.05) is 0 Å². The van der Waals surface area contributed by atoms with Crippen LogP contribution in [0, 0.1) is 0 Å². The van der Waals surface area contributed by atoms with E-state index >= 15 is 0 Å². The number of hydrogen-bond donors (Lipinski definition) is 21. The smallest absolute Gasteiger partial charge is 0.187 e. The lowest BCUT2D eigenvalue weighted by Crippen LogP contribution is -2.69. The average molecular weight is 1130 g/mol. The van der Waals surface area contributed by atoms with Crippen molar-refractivity contribution in [2.24, 2.45) is 0 Å². The van der Waals surface area contributed by atoms with E-state index in [1.54, 1.807) is 0 Å². The third kappa shape index (κ3) is 12.2. The predicted molar refractivity (Wildman–Crippen MR) is 228 cm³/mol. The zero-order chi connectivity index (χ0) is 56.1. The standard InChI is InChI=1S/C42H70O35/c43-1-8-15(49)16(50)23(57)36(65-8)64-7-14-35-22(56)29(63)42(71-14)76-34-13(6-48)69-40(27(61)20(34)54)74-32-11(4-46)67-38(25(59)18(32)52)72-30-9(2-44)66-37(24(58)17(30)51)73-31-10(3-45)68-39(26(60)19(31)53)75-33-12(5-47)70-41(77-35)28(62)21(33)55/h8-63H,1-7H2/t8-,9-,10-,11-,12-,13-,14-,15-,16+,17-,18-,19-,20-,21-,22-,23+,24-,25-,26-,27-,28-,29-,30-,31-,32-,33-,34-,35-,36+,37-,38-,39-,40-,41-,42-/m1/s1. The number of aliphatic hydroxyl groups excluding tert-OH is 21. The van der Waals surface area contributed by atoms with Crippen molar-refractivity contribution in [1.82, 2.24) is 0 Å². The van der Waals surface area contributed by atoms with Gasteiger partial charge in [-0.25, -0.2) is 0 Å². The molecule has 0 spiro atoms. The molecule has 0 aliphatic carbocycles. The summed E-state index contributed by atoms with van der Waals surface area (Å²) in [5.74, 6) is 0. The Kier molecular flexibility index (Phi) is 20.8. The molecule has 35 heteroatoms. The molecule has 0 aromatic heterocycles. The lowest BCUT2D eigenvalue weighted by Gasteiger charge is -2.51. The molecular formula is C42H70O35. The average Bonchev–Trinajstić information content (AvgIpc) is 3.46. The van der Waals surface area contributed by atoms with Crippen molar-refractivity contribution < 1.29 is 174 Å². The minimum absolute atomic E-state index is 0.889. The fourth-order valence-electron chi connectivity index (χ4n) is 10.3. The zero-order valence-corrected chi connectivity index (χ0v) is 40.3. The Morgan fingerprint density at radius 3 is 0.662 bits per heavy atom. The van der Waals surface area contributed by atoms with E-state index in [-0.39, 0.29) is 0 Å². The minimum Gasteiger partial charge on any atom is -0.394 e. The Hall–Kier alpha value is -1.40. The van der Waals surface area contributed by atoms with E-state index in [9.17, 15) is 107 Å². The summed E-state index contributed by atoms with van der Waals surface area (Å²) in [5.41, 5.74) is 0. The molecule has 448 valence electrons. The number of rotatable bonds is 9. The zero-order valence-electron chi connectivity index (χ0n) is 40.3. The maximum atomic E-state index is 11.7. The van der Waals surface area contributed by atoms with Crippen molar-refractivity contribution in [3.63, 3.8) is 0 Å². The Balaban J connectivity index is 1.11. The molecule has 0 aromatic rings. The minimum atomic E-state index is -2.30. The molecule has 35 atom stereocenters. The summed E-state index contributed by atoms with van der Waals surface area (Å²) < 4.78 is 80.0. The van der Waals surface area contributed by atoms with Gasteiger partial charge in [0.2, 0.25) is 0 Å². The van der Waals surface area contributed by atoms with E-state index in [1.165, 1.54) is 0 Å². The van der Waals surface area contributed by atoms with E-state index in [1.807, 2.05) is 0 Å². The molecule has 0 aromatic carbocycles. The normalized spacial score (nSPS) is 55.2. The predicted octanol–water partition coefficient (Wildman–Crippen LogP) is -15.2. The van der Waals surface area contributed by atoms with Crippen molar-refractivity contribution in [2.75, 3.05) is 46.2 Å². The first-order valence-corrected chi connectivity index (χ1v) is 24.6. The van der Waals surface area contributed by atoms with Crippen LogP contribution in [0.3, 0.4) is 0 Å². The molecule has 23 heterocycles. The van der Waals surface area contributed by atoms with Crippen molar-refractivity contribution in [2.45, 2.75) is 215 Å². The molecule has 35 nitrogen and oxygen atoms in total. The fraction of sp³-hybridized carbons (Fsp3) is 1.00. The van der Waals surface area contributed by atoms with Crippen LogP contribution in [0.5, 0.6) is 0 Å². The van der Waals surface area contributed by atoms with E-state index in [0.29, 0.717) is 0 Å². The van der Waals surface area contributed by atoms with Gasteiger partial charge in [-0.15, -0.1) is 0 Å². The molecule has 23 fully saturated rings. The maximum absolute atomic E-state index is 11.7. The molecule has 23 aliphatic rings. The first-order valence-electron chi connectivity index (χ1n) is 24.6. The molecule has 23 saturated heterocycles. The van der Waals surface area contributed by atoms with Crippen molar-refractivity contribution in [3.05, 3.63) is 0 Å². The second-order valence-electron chi connectivity index (χ2n) is 19.7. The first kappa shape index (κ1) is 61.7. The summed E-state index contributed by atoms with van der Waals surface area (Å²) in [7, 11) is 0. The molecule has 12 bridgehead atoms. The Labute approximate surface area is 434 Å². The van der Waals surface area contributed by atoms with Crippen molar-refractivity contribution in [1.29, 1.82) is 0 Å². The van der Waals surface area contributed by atoms with Gasteiger partial charge < -0.3 is 174 Å². The summed E-state index contributed by atoms with van der Waals surface area (Å²) >= 11 is 0. The van der Waals surface area contributed by atoms with Crippen LogP contribution in [0.2, 0.25) is 0 Å². The Morgan fingerprint density at radius 2 is 0.429 bits per heavy atom. The van der Waals surface area contributed by atoms with E-state index < -0.39 is 261 Å². The van der Waals surface area contributed by atoms with Crippen LogP contribution >= 0.6 is 0 Å². The molecular weight excluding hydrogens is 1060 g/mol. The highest BCUT2D eigenvalue weighted by molar-refractivity contribution is 5.01. The first-order chi connectivity index (χ1) is 36.6. The second-order valence-corrected chi connectivity index (χ2v) is 19.7. The Morgan fingerprint density at radius 1 is 0.208 bits per heavy atom. The second kappa shape index (κ2) is 26.0. The van der Waals surface area contributed by atoms with Gasteiger partial charge in [0.25, 0.3) is 0 Å². The van der Waals surface area contributed by atoms with Crippen LogP contribution in [0.25, 0.3) is 0 Å². The van der Waals surface area contributed by atoms with E-state index in [2.05, 4.69) is 0 Å². The summed E-state index contributed by atoms with van der Waals surface area (Å²) in [6.45, 7) is -7.11.